The van der Waals surface area contributed by atoms with Gasteiger partial charge < -0.3 is 9.08 Å². The van der Waals surface area contributed by atoms with Crippen molar-refractivity contribution in [1.82, 2.24) is 9.88 Å². The summed E-state index contributed by atoms with van der Waals surface area (Å²) in [7, 11) is -4.70. The second kappa shape index (κ2) is 11.5. The third-order valence-corrected chi connectivity index (χ3v) is 7.96. The third kappa shape index (κ3) is 6.52. The first-order valence-corrected chi connectivity index (χ1v) is 15.0. The molecule has 0 radical (unpaired) electrons. The van der Waals surface area contributed by atoms with Gasteiger partial charge in [-0.1, -0.05) is 66.9 Å². The number of hydrogen-bond acceptors (Lipinski definition) is 5. The predicted octanol–water partition coefficient (Wildman–Crippen LogP) is 5.63. The number of fused-ring (bicyclic) bond motifs is 2. The van der Waals surface area contributed by atoms with E-state index in [1.54, 1.807) is 6.07 Å². The maximum absolute atomic E-state index is 13.0. The number of aryl methyl sites for hydroxylation is 3. The van der Waals surface area contributed by atoms with Crippen LogP contribution in [-0.4, -0.2) is 41.9 Å². The molecule has 0 atom stereocenters. The lowest BCUT2D eigenvalue weighted by Crippen LogP contribution is -2.37. The van der Waals surface area contributed by atoms with E-state index in [1.165, 1.54) is 22.8 Å². The summed E-state index contributed by atoms with van der Waals surface area (Å²) in [6.07, 6.45) is 5.30. The van der Waals surface area contributed by atoms with Crippen molar-refractivity contribution in [3.8, 4) is 5.88 Å². The summed E-state index contributed by atoms with van der Waals surface area (Å²) in [5.41, 5.74) is 8.31. The molecule has 7 nitrogen and oxygen atoms in total. The molecule has 1 aromatic heterocycles. The number of nitrogens with zero attached hydrogens (tertiary/aromatic N) is 2. The maximum Gasteiger partial charge on any atom is 0.447 e. The summed E-state index contributed by atoms with van der Waals surface area (Å²) in [6, 6.07) is 17.2. The standard InChI is InChI=1S/C30H31ClN2O5S/c1-2-4-20-7-11-26-24(17-20)9-8-23-10-12-27(38-39(35,36)37)32-30(23)29(26)22-13-15-33(16-14-22)28(34)19-21-5-3-6-25(31)18-21/h3,5-7,10-12,17-18H,2,4,8-9,13-16,19H2,1H3,(H,35,36,37). The van der Waals surface area contributed by atoms with E-state index in [2.05, 4.69) is 30.1 Å². The number of piperidine rings is 1. The van der Waals surface area contributed by atoms with Crippen LogP contribution in [0.5, 0.6) is 5.88 Å². The Bertz CT molecular complexity index is 1540. The van der Waals surface area contributed by atoms with E-state index in [-0.39, 0.29) is 11.8 Å². The second-order valence-electron chi connectivity index (χ2n) is 10.1. The number of carbonyl (C=O) groups excluding carboxylic acids is 1. The highest BCUT2D eigenvalue weighted by atomic mass is 35.5. The predicted molar refractivity (Wildman–Crippen MR) is 151 cm³/mol. The van der Waals surface area contributed by atoms with Crippen molar-refractivity contribution in [2.45, 2.75) is 51.9 Å². The SMILES string of the molecule is CCCc1ccc2c(c1)CCc1ccc(OS(=O)(=O)O)nc1C2=C1CCN(C(=O)Cc2cccc(Cl)c2)CC1. The number of rotatable bonds is 6. The molecule has 1 aliphatic heterocycles. The lowest BCUT2D eigenvalue weighted by atomic mass is 9.87. The largest absolute Gasteiger partial charge is 0.447 e. The monoisotopic (exact) mass is 566 g/mol. The van der Waals surface area contributed by atoms with Crippen LogP contribution in [0.2, 0.25) is 5.02 Å². The Kier molecular flexibility index (Phi) is 8.07. The summed E-state index contributed by atoms with van der Waals surface area (Å²) in [5.74, 6) is -0.108. The quantitative estimate of drug-likeness (QED) is 0.388. The van der Waals surface area contributed by atoms with Crippen molar-refractivity contribution in [2.24, 2.45) is 0 Å². The van der Waals surface area contributed by atoms with Gasteiger partial charge in [-0.2, -0.15) is 8.42 Å². The minimum Gasteiger partial charge on any atom is -0.342 e. The van der Waals surface area contributed by atoms with Crippen LogP contribution in [0.3, 0.4) is 0 Å². The molecule has 2 heterocycles. The van der Waals surface area contributed by atoms with Crippen LogP contribution in [0, 0.1) is 0 Å². The van der Waals surface area contributed by atoms with E-state index in [0.717, 1.165) is 47.9 Å². The van der Waals surface area contributed by atoms with Gasteiger partial charge in [0.2, 0.25) is 11.8 Å². The molecule has 0 bridgehead atoms. The van der Waals surface area contributed by atoms with E-state index in [4.69, 9.17) is 15.8 Å². The second-order valence-corrected chi connectivity index (χ2v) is 11.5. The molecule has 204 valence electrons. The topological polar surface area (TPSA) is 96.8 Å². The molecular formula is C30H31ClN2O5S. The van der Waals surface area contributed by atoms with Crippen molar-refractivity contribution in [1.29, 1.82) is 0 Å². The van der Waals surface area contributed by atoms with Crippen LogP contribution in [0.15, 0.2) is 60.2 Å². The summed E-state index contributed by atoms with van der Waals surface area (Å²) in [6.45, 7) is 3.33. The fourth-order valence-electron chi connectivity index (χ4n) is 5.55. The molecular weight excluding hydrogens is 536 g/mol. The van der Waals surface area contributed by atoms with Gasteiger partial charge in [-0.05, 0) is 72.1 Å². The number of hydrogen-bond donors (Lipinski definition) is 1. The number of carbonyl (C=O) groups is 1. The number of aromatic nitrogens is 1. The highest BCUT2D eigenvalue weighted by Gasteiger charge is 2.27. The Balaban J connectivity index is 1.49. The van der Waals surface area contributed by atoms with Gasteiger partial charge in [0, 0.05) is 29.8 Å². The summed E-state index contributed by atoms with van der Waals surface area (Å²) < 4.78 is 36.8. The Morgan fingerprint density at radius 3 is 2.49 bits per heavy atom. The normalized spacial score (nSPS) is 15.4. The van der Waals surface area contributed by atoms with Crippen LogP contribution < -0.4 is 4.18 Å². The molecule has 0 unspecified atom stereocenters. The van der Waals surface area contributed by atoms with Crippen LogP contribution in [0.4, 0.5) is 0 Å². The highest BCUT2D eigenvalue weighted by molar-refractivity contribution is 7.81. The van der Waals surface area contributed by atoms with Gasteiger partial charge in [0.05, 0.1) is 12.1 Å². The van der Waals surface area contributed by atoms with Crippen LogP contribution in [-0.2, 0) is 40.9 Å². The van der Waals surface area contributed by atoms with Gasteiger partial charge in [-0.3, -0.25) is 9.35 Å². The summed E-state index contributed by atoms with van der Waals surface area (Å²) in [5, 5.41) is 0.614. The average molecular weight is 567 g/mol. The van der Waals surface area contributed by atoms with Crippen LogP contribution >= 0.6 is 11.6 Å². The smallest absolute Gasteiger partial charge is 0.342 e. The van der Waals surface area contributed by atoms with Crippen LogP contribution in [0.1, 0.15) is 59.7 Å². The van der Waals surface area contributed by atoms with Gasteiger partial charge >= 0.3 is 10.4 Å². The minimum absolute atomic E-state index is 0.0640. The minimum atomic E-state index is -4.70. The molecule has 5 rings (SSSR count). The Hall–Kier alpha value is -3.20. The zero-order chi connectivity index (χ0) is 27.6. The van der Waals surface area contributed by atoms with E-state index in [0.29, 0.717) is 43.1 Å². The fraction of sp³-hybridized carbons (Fsp3) is 0.333. The zero-order valence-corrected chi connectivity index (χ0v) is 23.4. The Morgan fingerprint density at radius 2 is 1.77 bits per heavy atom. The Labute approximate surface area is 234 Å². The number of benzene rings is 2. The van der Waals surface area contributed by atoms with Crippen molar-refractivity contribution in [3.05, 3.63) is 98.7 Å². The zero-order valence-electron chi connectivity index (χ0n) is 21.8. The molecule has 1 saturated heterocycles. The molecule has 39 heavy (non-hydrogen) atoms. The molecule has 3 aromatic rings. The molecule has 1 fully saturated rings. The first-order chi connectivity index (χ1) is 18.7. The lowest BCUT2D eigenvalue weighted by Gasteiger charge is -2.30. The molecule has 1 amide bonds. The van der Waals surface area contributed by atoms with Gasteiger partial charge in [-0.25, -0.2) is 4.98 Å². The molecule has 9 heteroatoms. The van der Waals surface area contributed by atoms with E-state index >= 15 is 0 Å². The van der Waals surface area contributed by atoms with E-state index < -0.39 is 10.4 Å². The van der Waals surface area contributed by atoms with Crippen molar-refractivity contribution >= 4 is 33.5 Å². The van der Waals surface area contributed by atoms with Gasteiger partial charge in [0.15, 0.2) is 0 Å². The summed E-state index contributed by atoms with van der Waals surface area (Å²) >= 11 is 6.10. The molecule has 0 saturated carbocycles. The molecule has 2 aromatic carbocycles. The van der Waals surface area contributed by atoms with Crippen molar-refractivity contribution < 1.29 is 21.9 Å². The van der Waals surface area contributed by atoms with Crippen molar-refractivity contribution in [2.75, 3.05) is 13.1 Å². The number of halogens is 1. The first kappa shape index (κ1) is 27.4. The lowest BCUT2D eigenvalue weighted by molar-refractivity contribution is -0.130. The van der Waals surface area contributed by atoms with E-state index in [1.807, 2.05) is 29.2 Å². The fourth-order valence-corrected chi connectivity index (χ4v) is 6.07. The number of pyridine rings is 1. The molecule has 1 aliphatic carbocycles. The first-order valence-electron chi connectivity index (χ1n) is 13.2. The Morgan fingerprint density at radius 1 is 1.00 bits per heavy atom. The molecule has 1 N–H and O–H groups in total. The van der Waals surface area contributed by atoms with Crippen molar-refractivity contribution in [3.63, 3.8) is 0 Å². The maximum atomic E-state index is 13.0. The number of amides is 1. The van der Waals surface area contributed by atoms with Gasteiger partial charge in [0.25, 0.3) is 0 Å². The third-order valence-electron chi connectivity index (χ3n) is 7.34. The van der Waals surface area contributed by atoms with Crippen LogP contribution in [0.25, 0.3) is 5.57 Å². The van der Waals surface area contributed by atoms with E-state index in [9.17, 15) is 17.8 Å². The highest BCUT2D eigenvalue weighted by Crippen LogP contribution is 2.39. The summed E-state index contributed by atoms with van der Waals surface area (Å²) in [4.78, 5) is 19.5. The molecule has 0 spiro atoms. The molecule has 2 aliphatic rings. The van der Waals surface area contributed by atoms with Gasteiger partial charge in [-0.15, -0.1) is 0 Å². The number of likely N-dealkylation sites (tertiary alicyclic amines) is 1. The van der Waals surface area contributed by atoms with Gasteiger partial charge in [0.1, 0.15) is 0 Å². The average Bonchev–Trinajstić information content (AvgIpc) is 3.04.